The van der Waals surface area contributed by atoms with Gasteiger partial charge in [0.2, 0.25) is 0 Å². The van der Waals surface area contributed by atoms with Crippen LogP contribution in [-0.4, -0.2) is 29.3 Å². The molecule has 0 aliphatic carbocycles. The minimum Gasteiger partial charge on any atom is -0.290 e. The Morgan fingerprint density at radius 2 is 2.28 bits per heavy atom. The number of hydrogen-bond acceptors (Lipinski definition) is 3. The Morgan fingerprint density at radius 3 is 2.94 bits per heavy atom. The number of aromatic nitrogens is 2. The summed E-state index contributed by atoms with van der Waals surface area (Å²) in [7, 11) is -2.81. The minimum absolute atomic E-state index is 0.193. The third-order valence-corrected chi connectivity index (χ3v) is 5.46. The number of pyridine rings is 1. The molecule has 3 rings (SSSR count). The van der Waals surface area contributed by atoms with Crippen LogP contribution < -0.4 is 0 Å². The van der Waals surface area contributed by atoms with Crippen LogP contribution in [0.25, 0.3) is 5.65 Å². The molecule has 0 spiro atoms. The van der Waals surface area contributed by atoms with E-state index in [4.69, 9.17) is 11.6 Å². The summed E-state index contributed by atoms with van der Waals surface area (Å²) in [5.74, 6) is 0.791. The molecule has 0 bridgehead atoms. The maximum Gasteiger partial charge on any atom is 0.150 e. The lowest BCUT2D eigenvalue weighted by Crippen LogP contribution is -2.07. The third-order valence-electron chi connectivity index (χ3n) is 3.32. The van der Waals surface area contributed by atoms with Crippen molar-refractivity contribution < 1.29 is 8.42 Å². The van der Waals surface area contributed by atoms with E-state index >= 15 is 0 Å². The predicted octanol–water partition coefficient (Wildman–Crippen LogP) is 1.96. The Morgan fingerprint density at radius 1 is 1.44 bits per heavy atom. The highest BCUT2D eigenvalue weighted by Crippen LogP contribution is 2.23. The average molecular weight is 285 g/mol. The highest BCUT2D eigenvalue weighted by Gasteiger charge is 2.28. The van der Waals surface area contributed by atoms with Gasteiger partial charge < -0.3 is 0 Å². The molecule has 6 heteroatoms. The van der Waals surface area contributed by atoms with Gasteiger partial charge in [-0.2, -0.15) is 0 Å². The van der Waals surface area contributed by atoms with Crippen molar-refractivity contribution in [2.45, 2.75) is 12.8 Å². The van der Waals surface area contributed by atoms with E-state index in [0.717, 1.165) is 17.8 Å². The summed E-state index contributed by atoms with van der Waals surface area (Å²) in [6, 6.07) is 5.55. The molecule has 96 valence electrons. The van der Waals surface area contributed by atoms with Crippen molar-refractivity contribution in [1.82, 2.24) is 9.38 Å². The molecule has 0 amide bonds. The second kappa shape index (κ2) is 4.24. The van der Waals surface area contributed by atoms with Gasteiger partial charge in [-0.1, -0.05) is 17.7 Å². The van der Waals surface area contributed by atoms with Crippen LogP contribution in [0.4, 0.5) is 0 Å². The molecular formula is C12H13ClN2O2S. The van der Waals surface area contributed by atoms with Crippen LogP contribution in [0.2, 0.25) is 5.15 Å². The summed E-state index contributed by atoms with van der Waals surface area (Å²) in [5, 5.41) is 0.616. The van der Waals surface area contributed by atoms with Gasteiger partial charge in [-0.25, -0.2) is 13.4 Å². The van der Waals surface area contributed by atoms with E-state index in [1.54, 1.807) is 6.07 Å². The molecule has 0 saturated carbocycles. The van der Waals surface area contributed by atoms with Gasteiger partial charge in [0.25, 0.3) is 0 Å². The van der Waals surface area contributed by atoms with Gasteiger partial charge in [0.1, 0.15) is 10.8 Å². The number of sulfone groups is 1. The number of hydrogen-bond donors (Lipinski definition) is 0. The molecule has 1 atom stereocenters. The van der Waals surface area contributed by atoms with Gasteiger partial charge in [-0.05, 0) is 30.9 Å². The molecule has 0 radical (unpaired) electrons. The molecule has 1 saturated heterocycles. The van der Waals surface area contributed by atoms with E-state index < -0.39 is 9.84 Å². The molecule has 2 aromatic rings. The zero-order valence-corrected chi connectivity index (χ0v) is 11.3. The van der Waals surface area contributed by atoms with Crippen molar-refractivity contribution in [2.24, 2.45) is 5.92 Å². The quantitative estimate of drug-likeness (QED) is 0.792. The summed E-state index contributed by atoms with van der Waals surface area (Å²) < 4.78 is 24.6. The van der Waals surface area contributed by atoms with E-state index in [1.165, 1.54) is 0 Å². The molecule has 1 aliphatic rings. The Hall–Kier alpha value is -1.07. The fraction of sp³-hybridized carbons (Fsp3) is 0.417. The predicted molar refractivity (Wildman–Crippen MR) is 70.7 cm³/mol. The van der Waals surface area contributed by atoms with Crippen LogP contribution in [0, 0.1) is 5.92 Å². The van der Waals surface area contributed by atoms with Crippen LogP contribution in [-0.2, 0) is 16.3 Å². The highest BCUT2D eigenvalue weighted by atomic mass is 35.5. The summed E-state index contributed by atoms with van der Waals surface area (Å²) >= 11 is 6.06. The molecule has 1 aliphatic heterocycles. The van der Waals surface area contributed by atoms with E-state index in [2.05, 4.69) is 4.98 Å². The van der Waals surface area contributed by atoms with Gasteiger partial charge in [-0.15, -0.1) is 0 Å². The second-order valence-corrected chi connectivity index (χ2v) is 7.40. The maximum absolute atomic E-state index is 11.4. The minimum atomic E-state index is -2.81. The van der Waals surface area contributed by atoms with Crippen molar-refractivity contribution in [3.63, 3.8) is 0 Å². The third kappa shape index (κ3) is 2.24. The van der Waals surface area contributed by atoms with Crippen LogP contribution in [0.3, 0.4) is 0 Å². The van der Waals surface area contributed by atoms with Crippen molar-refractivity contribution in [1.29, 1.82) is 0 Å². The summed E-state index contributed by atoms with van der Waals surface area (Å²) in [6.07, 6.45) is 3.34. The van der Waals surface area contributed by atoms with E-state index in [0.29, 0.717) is 17.3 Å². The zero-order valence-electron chi connectivity index (χ0n) is 9.71. The standard InChI is InChI=1S/C12H13ClN2O2S/c13-11-2-1-3-12-14-10(7-15(11)12)6-9-4-5-18(16,17)8-9/h1-3,7,9H,4-6,8H2. The van der Waals surface area contributed by atoms with Crippen molar-refractivity contribution in [3.05, 3.63) is 35.2 Å². The number of imidazole rings is 1. The fourth-order valence-electron chi connectivity index (χ4n) is 2.45. The average Bonchev–Trinajstić information content (AvgIpc) is 2.83. The monoisotopic (exact) mass is 284 g/mol. The van der Waals surface area contributed by atoms with Gasteiger partial charge >= 0.3 is 0 Å². The lowest BCUT2D eigenvalue weighted by molar-refractivity contribution is 0.578. The van der Waals surface area contributed by atoms with E-state index in [1.807, 2.05) is 22.7 Å². The van der Waals surface area contributed by atoms with Crippen LogP contribution >= 0.6 is 11.6 Å². The molecule has 0 N–H and O–H groups in total. The molecule has 2 aromatic heterocycles. The SMILES string of the molecule is O=S1(=O)CCC(Cc2cn3c(Cl)cccc3n2)C1. The molecule has 1 unspecified atom stereocenters. The van der Waals surface area contributed by atoms with Crippen molar-refractivity contribution in [2.75, 3.05) is 11.5 Å². The summed E-state index contributed by atoms with van der Waals surface area (Å²) in [4.78, 5) is 4.47. The molecule has 4 nitrogen and oxygen atoms in total. The summed E-state index contributed by atoms with van der Waals surface area (Å²) in [6.45, 7) is 0. The highest BCUT2D eigenvalue weighted by molar-refractivity contribution is 7.91. The van der Waals surface area contributed by atoms with Gasteiger partial charge in [-0.3, -0.25) is 4.40 Å². The molecule has 18 heavy (non-hydrogen) atoms. The van der Waals surface area contributed by atoms with Crippen molar-refractivity contribution in [3.8, 4) is 0 Å². The lowest BCUT2D eigenvalue weighted by atomic mass is 10.0. The van der Waals surface area contributed by atoms with Gasteiger partial charge in [0.05, 0.1) is 17.2 Å². The van der Waals surface area contributed by atoms with Crippen LogP contribution in [0.1, 0.15) is 12.1 Å². The van der Waals surface area contributed by atoms with E-state index in [-0.39, 0.29) is 11.7 Å². The second-order valence-electron chi connectivity index (χ2n) is 4.78. The Labute approximate surface area is 111 Å². The Kier molecular flexibility index (Phi) is 2.83. The van der Waals surface area contributed by atoms with Crippen LogP contribution in [0.5, 0.6) is 0 Å². The molecule has 1 fully saturated rings. The smallest absolute Gasteiger partial charge is 0.150 e. The van der Waals surface area contributed by atoms with Gasteiger partial charge in [0, 0.05) is 6.20 Å². The lowest BCUT2D eigenvalue weighted by Gasteiger charge is -2.03. The number of halogens is 1. The van der Waals surface area contributed by atoms with E-state index in [9.17, 15) is 8.42 Å². The first-order valence-electron chi connectivity index (χ1n) is 5.86. The van der Waals surface area contributed by atoms with Crippen molar-refractivity contribution >= 4 is 27.1 Å². The first-order chi connectivity index (χ1) is 8.53. The fourth-order valence-corrected chi connectivity index (χ4v) is 4.52. The molecular weight excluding hydrogens is 272 g/mol. The summed E-state index contributed by atoms with van der Waals surface area (Å²) in [5.41, 5.74) is 1.71. The number of fused-ring (bicyclic) bond motifs is 1. The normalized spacial score (nSPS) is 22.6. The first-order valence-corrected chi connectivity index (χ1v) is 8.06. The topological polar surface area (TPSA) is 51.4 Å². The number of nitrogens with zero attached hydrogens (tertiary/aromatic N) is 2. The largest absolute Gasteiger partial charge is 0.290 e. The number of rotatable bonds is 2. The first kappa shape index (κ1) is 12.0. The Bertz CT molecular complexity index is 693. The Balaban J connectivity index is 1.86. The molecule has 0 aromatic carbocycles. The zero-order chi connectivity index (χ0) is 12.8. The molecule has 3 heterocycles. The van der Waals surface area contributed by atoms with Crippen LogP contribution in [0.15, 0.2) is 24.4 Å². The van der Waals surface area contributed by atoms with Gasteiger partial charge in [0.15, 0.2) is 9.84 Å². The maximum atomic E-state index is 11.4.